The Kier molecular flexibility index (Phi) is 10.1. The van der Waals surface area contributed by atoms with Gasteiger partial charge in [0.15, 0.2) is 0 Å². The summed E-state index contributed by atoms with van der Waals surface area (Å²) >= 11 is 1.84. The molecule has 0 amide bonds. The molecule has 3 nitrogen and oxygen atoms in total. The maximum absolute atomic E-state index is 6.34. The van der Waals surface area contributed by atoms with E-state index in [1.54, 1.807) is 6.20 Å². The van der Waals surface area contributed by atoms with Gasteiger partial charge in [0.2, 0.25) is 0 Å². The van der Waals surface area contributed by atoms with Gasteiger partial charge in [-0.1, -0.05) is 142 Å². The molecule has 0 N–H and O–H groups in total. The van der Waals surface area contributed by atoms with Gasteiger partial charge in [-0.05, 0) is 56.0 Å². The Bertz CT molecular complexity index is 2690. The van der Waals surface area contributed by atoms with E-state index in [1.807, 2.05) is 35.6 Å². The molecule has 53 heavy (non-hydrogen) atoms. The van der Waals surface area contributed by atoms with Crippen molar-refractivity contribution in [2.45, 2.75) is 45.8 Å². The first-order valence-electron chi connectivity index (χ1n) is 17.7. The molecule has 0 atom stereocenters. The fourth-order valence-corrected chi connectivity index (χ4v) is 9.28. The molecule has 0 aliphatic carbocycles. The number of hydrogen-bond acceptors (Lipinski definition) is 4. The number of aromatic nitrogens is 2. The van der Waals surface area contributed by atoms with Gasteiger partial charge in [0.1, 0.15) is 5.58 Å². The first-order chi connectivity index (χ1) is 25.1. The summed E-state index contributed by atoms with van der Waals surface area (Å²) in [7, 11) is -1.32. The van der Waals surface area contributed by atoms with Crippen molar-refractivity contribution in [3.8, 4) is 22.5 Å². The van der Waals surface area contributed by atoms with Crippen LogP contribution in [0.25, 0.3) is 64.6 Å². The Labute approximate surface area is 330 Å². The molecule has 0 bridgehead atoms. The maximum Gasteiger partial charge on any atom is 0.121 e. The van der Waals surface area contributed by atoms with Crippen molar-refractivity contribution in [1.82, 2.24) is 9.97 Å². The fraction of sp³-hybridized carbons (Fsp3) is 0.149. The summed E-state index contributed by atoms with van der Waals surface area (Å²) in [6.07, 6.45) is 3.86. The molecule has 1 radical (unpaired) electrons. The maximum atomic E-state index is 6.34. The number of nitrogens with zero attached hydrogens (tertiary/aromatic N) is 2. The molecule has 6 heteroatoms. The van der Waals surface area contributed by atoms with Gasteiger partial charge in [0.05, 0.1) is 13.7 Å². The van der Waals surface area contributed by atoms with Gasteiger partial charge in [-0.3, -0.25) is 0 Å². The number of pyridine rings is 2. The molecule has 0 aliphatic rings. The van der Waals surface area contributed by atoms with Crippen LogP contribution in [0.3, 0.4) is 0 Å². The van der Waals surface area contributed by atoms with E-state index in [-0.39, 0.29) is 25.5 Å². The number of hydrogen-bond donors (Lipinski definition) is 0. The first kappa shape index (κ1) is 36.6. The van der Waals surface area contributed by atoms with Crippen LogP contribution in [-0.4, -0.2) is 18.0 Å². The second-order valence-electron chi connectivity index (χ2n) is 14.9. The van der Waals surface area contributed by atoms with Crippen LogP contribution in [0.5, 0.6) is 0 Å². The van der Waals surface area contributed by atoms with E-state index in [2.05, 4.69) is 161 Å². The predicted molar refractivity (Wildman–Crippen MR) is 223 cm³/mol. The smallest absolute Gasteiger partial charge is 0.121 e. The minimum Gasteiger partial charge on any atom is -0.501 e. The molecule has 0 unspecified atom stereocenters. The van der Waals surface area contributed by atoms with E-state index < -0.39 is 8.07 Å². The minimum absolute atomic E-state index is 0. The topological polar surface area (TPSA) is 38.9 Å². The van der Waals surface area contributed by atoms with Gasteiger partial charge >= 0.3 is 0 Å². The number of benzene rings is 5. The van der Waals surface area contributed by atoms with Crippen LogP contribution in [0.1, 0.15) is 30.5 Å². The van der Waals surface area contributed by atoms with E-state index in [1.165, 1.54) is 42.0 Å². The SMILES string of the molecule is CC(C)(c1ccccc1)c1ccc2c(c1)oc1c(-c3ccccn3)[c-]ccc12.Cc1c[c-]c(-c2ccc([Si](C)(C)C)cn2)c2sc3ccccc3c12.[Ir]. The monoisotopic (exact) mass is 901 g/mol. The van der Waals surface area contributed by atoms with Crippen molar-refractivity contribution in [2.24, 2.45) is 0 Å². The molecule has 0 spiro atoms. The van der Waals surface area contributed by atoms with Crippen LogP contribution in [0.15, 0.2) is 138 Å². The fourth-order valence-electron chi connectivity index (χ4n) is 6.96. The number of fused-ring (bicyclic) bond motifs is 6. The third-order valence-corrected chi connectivity index (χ3v) is 13.3. The van der Waals surface area contributed by atoms with Gasteiger partial charge in [0.25, 0.3) is 0 Å². The average molecular weight is 901 g/mol. The van der Waals surface area contributed by atoms with E-state index in [4.69, 9.17) is 9.40 Å². The van der Waals surface area contributed by atoms with Gasteiger partial charge < -0.3 is 14.4 Å². The Morgan fingerprint density at radius 1 is 0.698 bits per heavy atom. The minimum atomic E-state index is -1.32. The van der Waals surface area contributed by atoms with E-state index >= 15 is 0 Å². The second kappa shape index (κ2) is 14.6. The summed E-state index contributed by atoms with van der Waals surface area (Å²) in [5, 5.41) is 6.29. The van der Waals surface area contributed by atoms with Crippen LogP contribution < -0.4 is 5.19 Å². The summed E-state index contributed by atoms with van der Waals surface area (Å²) in [6, 6.07) is 49.0. The normalized spacial score (nSPS) is 11.8. The van der Waals surface area contributed by atoms with Gasteiger partial charge in [-0.2, -0.15) is 11.3 Å². The Balaban J connectivity index is 0.000000163. The summed E-state index contributed by atoms with van der Waals surface area (Å²) in [5.41, 5.74) is 9.35. The second-order valence-corrected chi connectivity index (χ2v) is 21.1. The molecular formula is C47H40IrN2OSSi-2. The summed E-state index contributed by atoms with van der Waals surface area (Å²) in [5.74, 6) is 0. The number of rotatable bonds is 5. The van der Waals surface area contributed by atoms with E-state index in [0.29, 0.717) is 0 Å². The zero-order chi connectivity index (χ0) is 36.0. The van der Waals surface area contributed by atoms with Crippen molar-refractivity contribution in [3.63, 3.8) is 0 Å². The van der Waals surface area contributed by atoms with Crippen LogP contribution in [0, 0.1) is 19.1 Å². The molecule has 0 saturated carbocycles. The largest absolute Gasteiger partial charge is 0.501 e. The quantitative estimate of drug-likeness (QED) is 0.128. The predicted octanol–water partition coefficient (Wildman–Crippen LogP) is 12.5. The van der Waals surface area contributed by atoms with Gasteiger partial charge in [-0.25, -0.2) is 0 Å². The van der Waals surface area contributed by atoms with Gasteiger partial charge in [0, 0.05) is 48.0 Å². The number of furan rings is 1. The number of thiophene rings is 1. The van der Waals surface area contributed by atoms with Crippen LogP contribution in [0.4, 0.5) is 0 Å². The average Bonchev–Trinajstić information content (AvgIpc) is 3.75. The van der Waals surface area contributed by atoms with Crippen molar-refractivity contribution in [3.05, 3.63) is 163 Å². The van der Waals surface area contributed by atoms with Crippen LogP contribution in [0.2, 0.25) is 19.6 Å². The Morgan fingerprint density at radius 2 is 1.45 bits per heavy atom. The molecule has 5 aromatic carbocycles. The molecule has 0 saturated heterocycles. The van der Waals surface area contributed by atoms with E-state index in [0.717, 1.165) is 44.5 Å². The number of aryl methyl sites for hydroxylation is 1. The van der Waals surface area contributed by atoms with Crippen molar-refractivity contribution in [1.29, 1.82) is 0 Å². The summed E-state index contributed by atoms with van der Waals surface area (Å²) in [6.45, 7) is 13.7. The molecule has 4 heterocycles. The molecule has 9 rings (SSSR count). The molecule has 0 fully saturated rings. The van der Waals surface area contributed by atoms with Crippen molar-refractivity contribution in [2.75, 3.05) is 0 Å². The third kappa shape index (κ3) is 6.93. The molecule has 265 valence electrons. The Morgan fingerprint density at radius 3 is 2.19 bits per heavy atom. The zero-order valence-corrected chi connectivity index (χ0v) is 35.0. The van der Waals surface area contributed by atoms with Crippen LogP contribution in [-0.2, 0) is 25.5 Å². The molecule has 4 aromatic heterocycles. The third-order valence-electron chi connectivity index (χ3n) is 10.1. The molecule has 9 aromatic rings. The first-order valence-corrected chi connectivity index (χ1v) is 22.0. The van der Waals surface area contributed by atoms with E-state index in [9.17, 15) is 0 Å². The standard InChI is InChI=1S/C26H20NO.C21H20NSSi.Ir/c1-26(2,18-9-4-3-5-10-18)19-14-15-20-21-11-8-12-22(23-13-6-7-16-27-23)25(21)28-24(20)17-19;1-14-9-11-16(18-12-10-15(13-22-18)24(2,3)4)21-20(14)17-7-5-6-8-19(17)23-21;/h3-11,13-17H,1-2H3;5-10,12-13H,1-4H3;/q2*-1;. The Hall–Kier alpha value is -4.71. The molecular weight excluding hydrogens is 861 g/mol. The van der Waals surface area contributed by atoms with Crippen LogP contribution >= 0.6 is 11.3 Å². The summed E-state index contributed by atoms with van der Waals surface area (Å²) in [4.78, 5) is 9.25. The molecule has 0 aliphatic heterocycles. The summed E-state index contributed by atoms with van der Waals surface area (Å²) < 4.78 is 8.96. The van der Waals surface area contributed by atoms with Gasteiger partial charge in [-0.15, -0.1) is 41.5 Å². The zero-order valence-electron chi connectivity index (χ0n) is 30.7. The van der Waals surface area contributed by atoms with Crippen molar-refractivity contribution < 1.29 is 24.5 Å². The van der Waals surface area contributed by atoms with Crippen molar-refractivity contribution >= 4 is 66.7 Å².